The summed E-state index contributed by atoms with van der Waals surface area (Å²) < 4.78 is 12.7. The minimum atomic E-state index is -0.591. The summed E-state index contributed by atoms with van der Waals surface area (Å²) in [5, 5.41) is 0. The summed E-state index contributed by atoms with van der Waals surface area (Å²) in [5.41, 5.74) is -0.591. The molecule has 0 radical (unpaired) electrons. The standard InChI is InChI=1S/C22H37IN2O3/c1-24(2)13-9-14-25-15-11-22(21(25)26)16-19(27-3)18(20(17-22)28-4)10-7-5-6-8-12-23/h16-18H,5-15H2,1-4H3. The lowest BCUT2D eigenvalue weighted by molar-refractivity contribution is -0.132. The van der Waals surface area contributed by atoms with Crippen LogP contribution in [0.2, 0.25) is 0 Å². The van der Waals surface area contributed by atoms with Crippen molar-refractivity contribution in [3.8, 4) is 0 Å². The van der Waals surface area contributed by atoms with Crippen LogP contribution < -0.4 is 0 Å². The molecule has 0 aromatic rings. The second-order valence-corrected chi connectivity index (χ2v) is 9.26. The quantitative estimate of drug-likeness (QED) is 0.227. The van der Waals surface area contributed by atoms with Gasteiger partial charge in [0.15, 0.2) is 0 Å². The molecule has 0 saturated carbocycles. The lowest BCUT2D eigenvalue weighted by Crippen LogP contribution is -2.36. The van der Waals surface area contributed by atoms with Crippen molar-refractivity contribution in [1.82, 2.24) is 9.80 Å². The van der Waals surface area contributed by atoms with E-state index in [1.54, 1.807) is 14.2 Å². The highest BCUT2D eigenvalue weighted by Crippen LogP contribution is 2.45. The zero-order valence-corrected chi connectivity index (χ0v) is 20.2. The van der Waals surface area contributed by atoms with Gasteiger partial charge in [-0.3, -0.25) is 4.79 Å². The van der Waals surface area contributed by atoms with E-state index < -0.39 is 5.41 Å². The Balaban J connectivity index is 2.06. The number of hydrogen-bond donors (Lipinski definition) is 0. The molecule has 1 aliphatic carbocycles. The molecule has 0 bridgehead atoms. The molecule has 6 heteroatoms. The summed E-state index contributed by atoms with van der Waals surface area (Å²) in [7, 11) is 7.57. The smallest absolute Gasteiger partial charge is 0.236 e. The highest BCUT2D eigenvalue weighted by atomic mass is 127. The van der Waals surface area contributed by atoms with Gasteiger partial charge in [-0.1, -0.05) is 41.9 Å². The van der Waals surface area contributed by atoms with E-state index in [1.807, 2.05) is 4.90 Å². The summed E-state index contributed by atoms with van der Waals surface area (Å²) in [6.45, 7) is 2.61. The highest BCUT2D eigenvalue weighted by molar-refractivity contribution is 14.1. The number of unbranched alkanes of at least 4 members (excludes halogenated alkanes) is 3. The van der Waals surface area contributed by atoms with Crippen LogP contribution in [0, 0.1) is 11.3 Å². The zero-order chi connectivity index (χ0) is 20.6. The topological polar surface area (TPSA) is 42.0 Å². The lowest BCUT2D eigenvalue weighted by Gasteiger charge is -2.32. The Morgan fingerprint density at radius 3 is 2.32 bits per heavy atom. The number of amides is 1. The van der Waals surface area contributed by atoms with Crippen LogP contribution in [-0.4, -0.2) is 68.1 Å². The van der Waals surface area contributed by atoms with Crippen molar-refractivity contribution in [1.29, 1.82) is 0 Å². The second-order valence-electron chi connectivity index (χ2n) is 8.19. The van der Waals surface area contributed by atoms with Crippen LogP contribution in [0.5, 0.6) is 0 Å². The lowest BCUT2D eigenvalue weighted by atomic mass is 9.77. The first-order valence-electron chi connectivity index (χ1n) is 10.5. The van der Waals surface area contributed by atoms with Gasteiger partial charge < -0.3 is 19.3 Å². The Morgan fingerprint density at radius 2 is 1.75 bits per heavy atom. The zero-order valence-electron chi connectivity index (χ0n) is 18.0. The Kier molecular flexibility index (Phi) is 9.60. The van der Waals surface area contributed by atoms with Gasteiger partial charge in [-0.25, -0.2) is 0 Å². The number of carbonyl (C=O) groups excluding carboxylic acids is 1. The maximum absolute atomic E-state index is 13.2. The second kappa shape index (κ2) is 11.4. The van der Waals surface area contributed by atoms with Crippen molar-refractivity contribution in [2.24, 2.45) is 11.3 Å². The average Bonchev–Trinajstić information content (AvgIpc) is 2.97. The molecule has 0 atom stereocenters. The third-order valence-corrected chi connectivity index (χ3v) is 6.61. The van der Waals surface area contributed by atoms with Crippen LogP contribution in [0.25, 0.3) is 0 Å². The summed E-state index contributed by atoms with van der Waals surface area (Å²) >= 11 is 2.44. The number of halogens is 1. The molecular weight excluding hydrogens is 467 g/mol. The van der Waals surface area contributed by atoms with Gasteiger partial charge in [-0.15, -0.1) is 0 Å². The van der Waals surface area contributed by atoms with Crippen LogP contribution in [0.3, 0.4) is 0 Å². The van der Waals surface area contributed by atoms with Crippen molar-refractivity contribution >= 4 is 28.5 Å². The van der Waals surface area contributed by atoms with Crippen molar-refractivity contribution < 1.29 is 14.3 Å². The van der Waals surface area contributed by atoms with Gasteiger partial charge in [0.1, 0.15) is 11.5 Å². The molecule has 2 aliphatic rings. The molecule has 0 N–H and O–H groups in total. The van der Waals surface area contributed by atoms with E-state index in [2.05, 4.69) is 53.7 Å². The summed E-state index contributed by atoms with van der Waals surface area (Å²) in [6.07, 6.45) is 11.9. The van der Waals surface area contributed by atoms with Gasteiger partial charge >= 0.3 is 0 Å². The van der Waals surface area contributed by atoms with E-state index in [1.165, 1.54) is 23.7 Å². The molecule has 28 heavy (non-hydrogen) atoms. The van der Waals surface area contributed by atoms with Crippen molar-refractivity contribution in [2.75, 3.05) is 52.4 Å². The van der Waals surface area contributed by atoms with Crippen LogP contribution in [0.1, 0.15) is 44.9 Å². The minimum Gasteiger partial charge on any atom is -0.501 e. The number of likely N-dealkylation sites (tertiary alicyclic amines) is 1. The minimum absolute atomic E-state index is 0.135. The van der Waals surface area contributed by atoms with E-state index in [-0.39, 0.29) is 11.8 Å². The number of carbonyl (C=O) groups is 1. The van der Waals surface area contributed by atoms with Gasteiger partial charge in [-0.05, 0) is 62.9 Å². The number of hydrogen-bond acceptors (Lipinski definition) is 4. The molecule has 1 heterocycles. The fraction of sp³-hybridized carbons (Fsp3) is 0.773. The number of methoxy groups -OCH3 is 2. The maximum atomic E-state index is 13.2. The van der Waals surface area contributed by atoms with E-state index in [9.17, 15) is 4.79 Å². The maximum Gasteiger partial charge on any atom is 0.236 e. The van der Waals surface area contributed by atoms with E-state index in [0.29, 0.717) is 0 Å². The molecule has 1 aliphatic heterocycles. The molecule has 160 valence electrons. The van der Waals surface area contributed by atoms with E-state index in [0.717, 1.165) is 56.8 Å². The molecule has 0 aromatic heterocycles. The Bertz CT molecular complexity index is 552. The molecule has 0 unspecified atom stereocenters. The first-order chi connectivity index (χ1) is 13.5. The third kappa shape index (κ3) is 5.88. The monoisotopic (exact) mass is 504 g/mol. The summed E-state index contributed by atoms with van der Waals surface area (Å²) in [5.74, 6) is 2.13. The summed E-state index contributed by atoms with van der Waals surface area (Å²) in [4.78, 5) is 17.4. The molecule has 1 spiro atoms. The fourth-order valence-corrected chi connectivity index (χ4v) is 4.80. The van der Waals surface area contributed by atoms with Gasteiger partial charge in [0, 0.05) is 13.1 Å². The molecule has 1 saturated heterocycles. The highest BCUT2D eigenvalue weighted by Gasteiger charge is 2.47. The Morgan fingerprint density at radius 1 is 1.11 bits per heavy atom. The van der Waals surface area contributed by atoms with Gasteiger partial charge in [0.05, 0.1) is 25.6 Å². The number of nitrogens with zero attached hydrogens (tertiary/aromatic N) is 2. The predicted molar refractivity (Wildman–Crippen MR) is 122 cm³/mol. The van der Waals surface area contributed by atoms with Crippen LogP contribution in [0.4, 0.5) is 0 Å². The SMILES string of the molecule is COC1=CC2(C=C(OC)C1CCCCCCI)CCN(CCCN(C)C)C2=O. The molecule has 0 aromatic carbocycles. The van der Waals surface area contributed by atoms with Crippen molar-refractivity contribution in [3.05, 3.63) is 23.7 Å². The van der Waals surface area contributed by atoms with Crippen LogP contribution in [-0.2, 0) is 14.3 Å². The molecule has 1 amide bonds. The van der Waals surface area contributed by atoms with Crippen LogP contribution >= 0.6 is 22.6 Å². The average molecular weight is 504 g/mol. The number of rotatable bonds is 12. The first-order valence-corrected chi connectivity index (χ1v) is 12.0. The van der Waals surface area contributed by atoms with Gasteiger partial charge in [0.25, 0.3) is 0 Å². The molecule has 5 nitrogen and oxygen atoms in total. The van der Waals surface area contributed by atoms with Crippen molar-refractivity contribution in [3.63, 3.8) is 0 Å². The molecular formula is C22H37IN2O3. The fourth-order valence-electron chi connectivity index (χ4n) is 4.26. The predicted octanol–water partition coefficient (Wildman–Crippen LogP) is 4.23. The van der Waals surface area contributed by atoms with Crippen LogP contribution in [0.15, 0.2) is 23.7 Å². The Hall–Kier alpha value is -0.760. The summed E-state index contributed by atoms with van der Waals surface area (Å²) in [6, 6.07) is 0. The molecule has 2 rings (SSSR count). The Labute approximate surface area is 184 Å². The first kappa shape index (κ1) is 23.5. The van der Waals surface area contributed by atoms with Crippen molar-refractivity contribution in [2.45, 2.75) is 44.9 Å². The molecule has 1 fully saturated rings. The number of alkyl halides is 1. The van der Waals surface area contributed by atoms with E-state index >= 15 is 0 Å². The van der Waals surface area contributed by atoms with Gasteiger partial charge in [-0.2, -0.15) is 0 Å². The number of ether oxygens (including phenoxy) is 2. The van der Waals surface area contributed by atoms with E-state index in [4.69, 9.17) is 9.47 Å². The largest absolute Gasteiger partial charge is 0.501 e. The van der Waals surface area contributed by atoms with Gasteiger partial charge in [0.2, 0.25) is 5.91 Å². The normalized spacial score (nSPS) is 24.7. The third-order valence-electron chi connectivity index (χ3n) is 5.85.